The first kappa shape index (κ1) is 24.4. The third kappa shape index (κ3) is 5.27. The fraction of sp³-hybridized carbons (Fsp3) is 0.481. The molecule has 1 aliphatic rings. The number of ether oxygens (including phenoxy) is 1. The van der Waals surface area contributed by atoms with E-state index in [1.807, 2.05) is 24.3 Å². The number of hydrogen-bond donors (Lipinski definition) is 1. The van der Waals surface area contributed by atoms with Gasteiger partial charge < -0.3 is 14.1 Å². The lowest BCUT2D eigenvalue weighted by molar-refractivity contribution is 0.0384. The van der Waals surface area contributed by atoms with Crippen molar-refractivity contribution in [2.24, 2.45) is 5.92 Å². The zero-order chi connectivity index (χ0) is 25.1. The summed E-state index contributed by atoms with van der Waals surface area (Å²) in [7, 11) is 0. The molecule has 5 rings (SSSR count). The van der Waals surface area contributed by atoms with Crippen LogP contribution in [0.1, 0.15) is 62.4 Å². The normalized spacial score (nSPS) is 17.0. The molecule has 1 saturated heterocycles. The summed E-state index contributed by atoms with van der Waals surface area (Å²) in [5.74, 6) is 1.73. The quantitative estimate of drug-likeness (QED) is 0.357. The van der Waals surface area contributed by atoms with Gasteiger partial charge in [-0.25, -0.2) is 4.68 Å². The molecule has 0 unspecified atom stereocenters. The molecule has 1 fully saturated rings. The smallest absolute Gasteiger partial charge is 0.252 e. The molecule has 4 heterocycles. The molecule has 36 heavy (non-hydrogen) atoms. The van der Waals surface area contributed by atoms with Crippen LogP contribution < -0.4 is 5.56 Å². The molecule has 9 heteroatoms. The molecular formula is C27H34N6O3. The lowest BCUT2D eigenvalue weighted by Gasteiger charge is -2.35. The van der Waals surface area contributed by atoms with Gasteiger partial charge in [-0.05, 0) is 76.9 Å². The molecule has 0 amide bonds. The number of aromatic amines is 1. The Balaban J connectivity index is 1.51. The van der Waals surface area contributed by atoms with Crippen LogP contribution in [0.3, 0.4) is 0 Å². The highest BCUT2D eigenvalue weighted by Crippen LogP contribution is 2.30. The molecule has 2 atom stereocenters. The number of aryl methyl sites for hydroxylation is 1. The Labute approximate surface area is 210 Å². The van der Waals surface area contributed by atoms with Crippen molar-refractivity contribution >= 4 is 10.9 Å². The van der Waals surface area contributed by atoms with Crippen LogP contribution in [0.15, 0.2) is 51.9 Å². The summed E-state index contributed by atoms with van der Waals surface area (Å²) in [4.78, 5) is 18.5. The molecule has 0 spiro atoms. The molecule has 190 valence electrons. The summed E-state index contributed by atoms with van der Waals surface area (Å²) in [5.41, 5.74) is 2.76. The van der Waals surface area contributed by atoms with Crippen molar-refractivity contribution in [1.82, 2.24) is 30.1 Å². The van der Waals surface area contributed by atoms with Crippen LogP contribution in [0, 0.1) is 5.92 Å². The average molecular weight is 491 g/mol. The Kier molecular flexibility index (Phi) is 7.29. The highest BCUT2D eigenvalue weighted by atomic mass is 16.5. The van der Waals surface area contributed by atoms with E-state index in [2.05, 4.69) is 58.3 Å². The number of benzene rings is 1. The molecule has 3 aromatic heterocycles. The predicted molar refractivity (Wildman–Crippen MR) is 137 cm³/mol. The van der Waals surface area contributed by atoms with E-state index in [9.17, 15) is 4.79 Å². The number of hydrogen-bond acceptors (Lipinski definition) is 7. The van der Waals surface area contributed by atoms with Gasteiger partial charge in [0.2, 0.25) is 0 Å². The van der Waals surface area contributed by atoms with E-state index in [4.69, 9.17) is 9.15 Å². The van der Waals surface area contributed by atoms with E-state index in [1.165, 1.54) is 5.56 Å². The van der Waals surface area contributed by atoms with Gasteiger partial charge >= 0.3 is 0 Å². The van der Waals surface area contributed by atoms with Gasteiger partial charge in [0.25, 0.3) is 5.56 Å². The SMILES string of the molecule is CCc1ccc2[nH]c(=O)c(CN(C[C@@H]3CCCO3)[C@H](c3nnnn3Cc3ccco3)C(C)C)cc2c1. The molecule has 4 aromatic rings. The summed E-state index contributed by atoms with van der Waals surface area (Å²) in [6.07, 6.45) is 4.78. The van der Waals surface area contributed by atoms with Gasteiger partial charge in [-0.3, -0.25) is 9.69 Å². The van der Waals surface area contributed by atoms with Gasteiger partial charge in [-0.15, -0.1) is 5.10 Å². The van der Waals surface area contributed by atoms with Gasteiger partial charge in [-0.1, -0.05) is 26.8 Å². The molecule has 1 N–H and O–H groups in total. The molecule has 0 aliphatic carbocycles. The maximum absolute atomic E-state index is 13.1. The van der Waals surface area contributed by atoms with E-state index in [1.54, 1.807) is 10.9 Å². The van der Waals surface area contributed by atoms with Crippen molar-refractivity contribution in [2.45, 2.75) is 65.3 Å². The number of rotatable bonds is 10. The van der Waals surface area contributed by atoms with E-state index < -0.39 is 0 Å². The zero-order valence-electron chi connectivity index (χ0n) is 21.2. The Bertz CT molecular complexity index is 1340. The lowest BCUT2D eigenvalue weighted by atomic mass is 9.99. The fourth-order valence-electron chi connectivity index (χ4n) is 5.15. The maximum Gasteiger partial charge on any atom is 0.252 e. The zero-order valence-corrected chi connectivity index (χ0v) is 21.2. The average Bonchev–Trinajstić information content (AvgIpc) is 3.64. The van der Waals surface area contributed by atoms with Crippen LogP contribution in [-0.4, -0.2) is 49.3 Å². The molecule has 0 bridgehead atoms. The Hall–Kier alpha value is -3.30. The second-order valence-corrected chi connectivity index (χ2v) is 9.93. The fourth-order valence-corrected chi connectivity index (χ4v) is 5.15. The van der Waals surface area contributed by atoms with Crippen molar-refractivity contribution in [3.05, 3.63) is 75.7 Å². The summed E-state index contributed by atoms with van der Waals surface area (Å²) < 4.78 is 13.4. The Morgan fingerprint density at radius 2 is 2.14 bits per heavy atom. The Morgan fingerprint density at radius 1 is 1.25 bits per heavy atom. The monoisotopic (exact) mass is 490 g/mol. The standard InChI is InChI=1S/C27H34N6O3/c1-4-19-9-10-24-20(13-19)14-21(27(34)28-24)15-32(16-22-7-5-11-35-22)25(18(2)3)26-29-30-31-33(26)17-23-8-6-12-36-23/h6,8-10,12-14,18,22,25H,4-5,7,11,15-17H2,1-3H3,(H,28,34)/t22-,25-/m0/s1. The van der Waals surface area contributed by atoms with Crippen LogP contribution in [0.2, 0.25) is 0 Å². The van der Waals surface area contributed by atoms with Gasteiger partial charge in [0, 0.05) is 30.8 Å². The third-order valence-electron chi connectivity index (χ3n) is 6.96. The first-order valence-electron chi connectivity index (χ1n) is 12.8. The van der Waals surface area contributed by atoms with Crippen LogP contribution in [0.25, 0.3) is 10.9 Å². The Morgan fingerprint density at radius 3 is 2.86 bits per heavy atom. The number of pyridine rings is 1. The number of fused-ring (bicyclic) bond motifs is 1. The lowest BCUT2D eigenvalue weighted by Crippen LogP contribution is -2.40. The minimum Gasteiger partial charge on any atom is -0.467 e. The number of furan rings is 1. The van der Waals surface area contributed by atoms with Gasteiger partial charge in [-0.2, -0.15) is 0 Å². The number of tetrazole rings is 1. The van der Waals surface area contributed by atoms with Crippen molar-refractivity contribution < 1.29 is 9.15 Å². The predicted octanol–water partition coefficient (Wildman–Crippen LogP) is 4.10. The summed E-state index contributed by atoms with van der Waals surface area (Å²) in [6.45, 7) is 8.85. The first-order valence-corrected chi connectivity index (χ1v) is 12.8. The second-order valence-electron chi connectivity index (χ2n) is 9.93. The number of nitrogens with zero attached hydrogens (tertiary/aromatic N) is 5. The summed E-state index contributed by atoms with van der Waals surface area (Å²) >= 11 is 0. The van der Waals surface area contributed by atoms with Crippen LogP contribution in [-0.2, 0) is 24.2 Å². The third-order valence-corrected chi connectivity index (χ3v) is 6.96. The number of nitrogens with one attached hydrogen (secondary N) is 1. The van der Waals surface area contributed by atoms with Crippen LogP contribution in [0.4, 0.5) is 0 Å². The van der Waals surface area contributed by atoms with Crippen molar-refractivity contribution in [1.29, 1.82) is 0 Å². The van der Waals surface area contributed by atoms with Crippen LogP contribution >= 0.6 is 0 Å². The van der Waals surface area contributed by atoms with E-state index >= 15 is 0 Å². The van der Waals surface area contributed by atoms with Gasteiger partial charge in [0.05, 0.1) is 18.4 Å². The van der Waals surface area contributed by atoms with Crippen molar-refractivity contribution in [2.75, 3.05) is 13.2 Å². The highest BCUT2D eigenvalue weighted by molar-refractivity contribution is 5.79. The van der Waals surface area contributed by atoms with E-state index in [0.717, 1.165) is 53.9 Å². The minimum atomic E-state index is -0.115. The number of H-pyrrole nitrogens is 1. The summed E-state index contributed by atoms with van der Waals surface area (Å²) in [6, 6.07) is 11.9. The van der Waals surface area contributed by atoms with E-state index in [-0.39, 0.29) is 23.6 Å². The van der Waals surface area contributed by atoms with Gasteiger partial charge in [0.15, 0.2) is 5.82 Å². The molecular weight excluding hydrogens is 456 g/mol. The minimum absolute atomic E-state index is 0.0678. The topological polar surface area (TPSA) is 102 Å². The second kappa shape index (κ2) is 10.8. The first-order chi connectivity index (χ1) is 17.5. The van der Waals surface area contributed by atoms with Crippen LogP contribution in [0.5, 0.6) is 0 Å². The molecule has 0 saturated carbocycles. The van der Waals surface area contributed by atoms with Crippen molar-refractivity contribution in [3.8, 4) is 0 Å². The maximum atomic E-state index is 13.1. The summed E-state index contributed by atoms with van der Waals surface area (Å²) in [5, 5.41) is 13.8. The molecule has 9 nitrogen and oxygen atoms in total. The molecule has 0 radical (unpaired) electrons. The van der Waals surface area contributed by atoms with E-state index in [0.29, 0.717) is 19.6 Å². The largest absolute Gasteiger partial charge is 0.467 e. The van der Waals surface area contributed by atoms with Crippen molar-refractivity contribution in [3.63, 3.8) is 0 Å². The highest BCUT2D eigenvalue weighted by Gasteiger charge is 2.32. The molecule has 1 aliphatic heterocycles. The van der Waals surface area contributed by atoms with Gasteiger partial charge in [0.1, 0.15) is 12.3 Å². The molecule has 1 aromatic carbocycles. The number of aromatic nitrogens is 5.